The highest BCUT2D eigenvalue weighted by Crippen LogP contribution is 2.20. The summed E-state index contributed by atoms with van der Waals surface area (Å²) in [4.78, 5) is 12.9. The van der Waals surface area contributed by atoms with Crippen LogP contribution in [0.1, 0.15) is 13.3 Å². The largest absolute Gasteiger partial charge is 0.455 e. The van der Waals surface area contributed by atoms with Crippen molar-refractivity contribution in [3.8, 4) is 0 Å². The van der Waals surface area contributed by atoms with Crippen LogP contribution in [0.15, 0.2) is 0 Å². The molecule has 0 aliphatic carbocycles. The molecule has 2 atom stereocenters. The van der Waals surface area contributed by atoms with Gasteiger partial charge in [0.1, 0.15) is 6.04 Å². The summed E-state index contributed by atoms with van der Waals surface area (Å²) in [6.07, 6.45) is -5.10. The molecule has 1 aliphatic heterocycles. The van der Waals surface area contributed by atoms with E-state index < -0.39 is 30.9 Å². The van der Waals surface area contributed by atoms with Crippen LogP contribution in [-0.2, 0) is 9.53 Å². The molecule has 94 valence electrons. The molecule has 0 saturated carbocycles. The molecule has 1 aliphatic rings. The summed E-state index contributed by atoms with van der Waals surface area (Å²) < 4.78 is 39.6. The molecule has 0 aromatic carbocycles. The fourth-order valence-corrected chi connectivity index (χ4v) is 1.74. The lowest BCUT2D eigenvalue weighted by Crippen LogP contribution is -2.43. The molecule has 0 spiro atoms. The molecule has 0 aromatic rings. The number of hydrogen-bond donors (Lipinski definition) is 1. The first-order chi connectivity index (χ1) is 7.35. The molecule has 0 bridgehead atoms. The van der Waals surface area contributed by atoms with Gasteiger partial charge in [0.15, 0.2) is 6.61 Å². The summed E-state index contributed by atoms with van der Waals surface area (Å²) in [5.41, 5.74) is 0. The van der Waals surface area contributed by atoms with Gasteiger partial charge in [0, 0.05) is 6.54 Å². The third-order valence-corrected chi connectivity index (χ3v) is 2.50. The van der Waals surface area contributed by atoms with Crippen molar-refractivity contribution in [1.82, 2.24) is 4.90 Å². The number of ether oxygens (including phenoxy) is 1. The number of alkyl halides is 3. The molecule has 1 N–H and O–H groups in total. The molecule has 1 saturated heterocycles. The number of likely N-dealkylation sites (tertiary alicyclic amines) is 1. The number of carbonyl (C=O) groups excluding carboxylic acids is 1. The van der Waals surface area contributed by atoms with E-state index in [9.17, 15) is 23.1 Å². The highest BCUT2D eigenvalue weighted by molar-refractivity contribution is 5.77. The number of aliphatic hydroxyl groups excluding tert-OH is 1. The Morgan fingerprint density at radius 2 is 2.19 bits per heavy atom. The van der Waals surface area contributed by atoms with Gasteiger partial charge in [0.05, 0.1) is 6.10 Å². The maximum atomic E-state index is 11.8. The Hall–Kier alpha value is -0.820. The summed E-state index contributed by atoms with van der Waals surface area (Å²) >= 11 is 0. The van der Waals surface area contributed by atoms with Crippen LogP contribution in [-0.4, -0.2) is 54.0 Å². The quantitative estimate of drug-likeness (QED) is 0.733. The zero-order valence-corrected chi connectivity index (χ0v) is 8.83. The first-order valence-electron chi connectivity index (χ1n) is 5.00. The normalized spacial score (nSPS) is 27.1. The van der Waals surface area contributed by atoms with Crippen molar-refractivity contribution < 1.29 is 27.8 Å². The van der Waals surface area contributed by atoms with Crippen molar-refractivity contribution in [1.29, 1.82) is 0 Å². The van der Waals surface area contributed by atoms with Gasteiger partial charge >= 0.3 is 12.1 Å². The van der Waals surface area contributed by atoms with Crippen LogP contribution >= 0.6 is 0 Å². The Morgan fingerprint density at radius 3 is 2.69 bits per heavy atom. The molecule has 4 nitrogen and oxygen atoms in total. The van der Waals surface area contributed by atoms with E-state index in [2.05, 4.69) is 4.74 Å². The maximum absolute atomic E-state index is 11.8. The Balaban J connectivity index is 2.52. The molecule has 1 fully saturated rings. The SMILES string of the molecule is CCN1CC[C@H](O)[C@H]1C(=O)OCC(F)(F)F. The van der Waals surface area contributed by atoms with Crippen LogP contribution in [0.25, 0.3) is 0 Å². The summed E-state index contributed by atoms with van der Waals surface area (Å²) in [6, 6.07) is -0.965. The van der Waals surface area contributed by atoms with Crippen molar-refractivity contribution in [2.45, 2.75) is 31.7 Å². The molecule has 0 radical (unpaired) electrons. The Bertz CT molecular complexity index is 257. The van der Waals surface area contributed by atoms with Gasteiger partial charge < -0.3 is 9.84 Å². The third kappa shape index (κ3) is 3.34. The molecular weight excluding hydrogens is 227 g/mol. The zero-order chi connectivity index (χ0) is 12.3. The van der Waals surface area contributed by atoms with E-state index in [1.807, 2.05) is 0 Å². The van der Waals surface area contributed by atoms with Gasteiger partial charge in [-0.15, -0.1) is 0 Å². The molecule has 16 heavy (non-hydrogen) atoms. The molecule has 1 heterocycles. The maximum Gasteiger partial charge on any atom is 0.422 e. The van der Waals surface area contributed by atoms with E-state index in [0.717, 1.165) is 0 Å². The number of halogens is 3. The Kier molecular flexibility index (Phi) is 4.15. The molecule has 0 aromatic heterocycles. The van der Waals surface area contributed by atoms with Gasteiger partial charge in [0.25, 0.3) is 0 Å². The fourth-order valence-electron chi connectivity index (χ4n) is 1.74. The topological polar surface area (TPSA) is 49.8 Å². The van der Waals surface area contributed by atoms with Crippen LogP contribution in [0.4, 0.5) is 13.2 Å². The van der Waals surface area contributed by atoms with Crippen molar-refractivity contribution in [2.75, 3.05) is 19.7 Å². The minimum atomic E-state index is -4.53. The average Bonchev–Trinajstić information content (AvgIpc) is 2.55. The lowest BCUT2D eigenvalue weighted by atomic mass is 10.2. The van der Waals surface area contributed by atoms with E-state index in [0.29, 0.717) is 19.5 Å². The van der Waals surface area contributed by atoms with Crippen molar-refractivity contribution in [3.63, 3.8) is 0 Å². The summed E-state index contributed by atoms with van der Waals surface area (Å²) in [5, 5.41) is 9.47. The van der Waals surface area contributed by atoms with Crippen molar-refractivity contribution >= 4 is 5.97 Å². The monoisotopic (exact) mass is 241 g/mol. The smallest absolute Gasteiger partial charge is 0.422 e. The van der Waals surface area contributed by atoms with E-state index in [-0.39, 0.29) is 0 Å². The molecule has 1 rings (SSSR count). The first-order valence-corrected chi connectivity index (χ1v) is 5.00. The Morgan fingerprint density at radius 1 is 1.56 bits per heavy atom. The first kappa shape index (κ1) is 13.2. The number of rotatable bonds is 3. The predicted molar refractivity (Wildman–Crippen MR) is 48.7 cm³/mol. The van der Waals surface area contributed by atoms with Crippen LogP contribution in [0.3, 0.4) is 0 Å². The lowest BCUT2D eigenvalue weighted by molar-refractivity contribution is -0.190. The van der Waals surface area contributed by atoms with Crippen LogP contribution in [0.2, 0.25) is 0 Å². The highest BCUT2D eigenvalue weighted by Gasteiger charge is 2.40. The number of hydrogen-bond acceptors (Lipinski definition) is 4. The van der Waals surface area contributed by atoms with E-state index in [4.69, 9.17) is 0 Å². The molecule has 7 heteroatoms. The number of carbonyl (C=O) groups is 1. The van der Waals surface area contributed by atoms with Crippen LogP contribution in [0.5, 0.6) is 0 Å². The van der Waals surface area contributed by atoms with Gasteiger partial charge in [-0.2, -0.15) is 13.2 Å². The van der Waals surface area contributed by atoms with Gasteiger partial charge in [-0.1, -0.05) is 6.92 Å². The van der Waals surface area contributed by atoms with Crippen LogP contribution in [0, 0.1) is 0 Å². The van der Waals surface area contributed by atoms with Crippen LogP contribution < -0.4 is 0 Å². The molecule has 0 amide bonds. The standard InChI is InChI=1S/C9H14F3NO3/c1-2-13-4-3-6(14)7(13)8(15)16-5-9(10,11)12/h6-7,14H,2-5H2,1H3/t6-,7-/m0/s1. The van der Waals surface area contributed by atoms with E-state index >= 15 is 0 Å². The van der Waals surface area contributed by atoms with E-state index in [1.54, 1.807) is 11.8 Å². The fraction of sp³-hybridized carbons (Fsp3) is 0.889. The molecule has 0 unspecified atom stereocenters. The second-order valence-electron chi connectivity index (χ2n) is 3.65. The van der Waals surface area contributed by atoms with Gasteiger partial charge in [-0.3, -0.25) is 9.69 Å². The number of esters is 1. The van der Waals surface area contributed by atoms with Gasteiger partial charge in [-0.25, -0.2) is 0 Å². The second-order valence-corrected chi connectivity index (χ2v) is 3.65. The lowest BCUT2D eigenvalue weighted by Gasteiger charge is -2.23. The highest BCUT2D eigenvalue weighted by atomic mass is 19.4. The minimum Gasteiger partial charge on any atom is -0.455 e. The Labute approximate surface area is 91.0 Å². The second kappa shape index (κ2) is 5.01. The van der Waals surface area contributed by atoms with E-state index in [1.165, 1.54) is 0 Å². The summed E-state index contributed by atoms with van der Waals surface area (Å²) in [7, 11) is 0. The summed E-state index contributed by atoms with van der Waals surface area (Å²) in [6.45, 7) is 1.14. The van der Waals surface area contributed by atoms with Gasteiger partial charge in [0.2, 0.25) is 0 Å². The molecular formula is C9H14F3NO3. The van der Waals surface area contributed by atoms with Crippen molar-refractivity contribution in [3.05, 3.63) is 0 Å². The number of nitrogens with zero attached hydrogens (tertiary/aromatic N) is 1. The zero-order valence-electron chi connectivity index (χ0n) is 8.83. The summed E-state index contributed by atoms with van der Waals surface area (Å²) in [5.74, 6) is -1.01. The number of aliphatic hydroxyl groups is 1. The predicted octanol–water partition coefficient (Wildman–Crippen LogP) is 0.547. The van der Waals surface area contributed by atoms with Gasteiger partial charge in [-0.05, 0) is 13.0 Å². The third-order valence-electron chi connectivity index (χ3n) is 2.50. The average molecular weight is 241 g/mol. The minimum absolute atomic E-state index is 0.375. The number of likely N-dealkylation sites (N-methyl/N-ethyl adjacent to an activating group) is 1. The van der Waals surface area contributed by atoms with Crippen molar-refractivity contribution in [2.24, 2.45) is 0 Å².